The van der Waals surface area contributed by atoms with Crippen LogP contribution >= 0.6 is 11.3 Å². The highest BCUT2D eigenvalue weighted by molar-refractivity contribution is 7.12. The van der Waals surface area contributed by atoms with Gasteiger partial charge in [0.05, 0.1) is 23.6 Å². The molecule has 0 fully saturated rings. The zero-order chi connectivity index (χ0) is 18.5. The fraction of sp³-hybridized carbons (Fsp3) is 0.143. The molecule has 0 saturated carbocycles. The highest BCUT2D eigenvalue weighted by atomic mass is 32.1. The van der Waals surface area contributed by atoms with E-state index in [0.717, 1.165) is 16.2 Å². The molecule has 0 radical (unpaired) electrons. The van der Waals surface area contributed by atoms with Crippen LogP contribution in [-0.4, -0.2) is 10.7 Å². The lowest BCUT2D eigenvalue weighted by molar-refractivity contribution is 0.611. The first-order valence-electron chi connectivity index (χ1n) is 8.28. The summed E-state index contributed by atoms with van der Waals surface area (Å²) in [7, 11) is 0. The first kappa shape index (κ1) is 18.0. The van der Waals surface area contributed by atoms with Gasteiger partial charge >= 0.3 is 0 Å². The quantitative estimate of drug-likeness (QED) is 0.655. The van der Waals surface area contributed by atoms with E-state index in [0.29, 0.717) is 17.0 Å². The third-order valence-electron chi connectivity index (χ3n) is 3.95. The van der Waals surface area contributed by atoms with Crippen LogP contribution < -0.4 is 5.73 Å². The first-order chi connectivity index (χ1) is 12.5. The minimum Gasteiger partial charge on any atom is -0.397 e. The summed E-state index contributed by atoms with van der Waals surface area (Å²) < 4.78 is 13.9. The minimum atomic E-state index is -0.254. The summed E-state index contributed by atoms with van der Waals surface area (Å²) in [6.07, 6.45) is 3.52. The van der Waals surface area contributed by atoms with Crippen molar-refractivity contribution >= 4 is 22.7 Å². The number of aliphatic imine (C=N–C) groups is 1. The molecule has 26 heavy (non-hydrogen) atoms. The van der Waals surface area contributed by atoms with Crippen molar-refractivity contribution in [3.8, 4) is 0 Å². The number of nitrogens with zero attached hydrogens (tertiary/aromatic N) is 2. The molecule has 3 rings (SSSR count). The average Bonchev–Trinajstić information content (AvgIpc) is 2.98. The van der Waals surface area contributed by atoms with Crippen molar-refractivity contribution in [2.75, 3.05) is 0 Å². The number of rotatable bonds is 5. The summed E-state index contributed by atoms with van der Waals surface area (Å²) in [4.78, 5) is 11.3. The van der Waals surface area contributed by atoms with Crippen molar-refractivity contribution in [1.82, 2.24) is 4.98 Å². The van der Waals surface area contributed by atoms with Gasteiger partial charge in [0.2, 0.25) is 0 Å². The molecule has 3 nitrogen and oxygen atoms in total. The number of nitrogens with two attached hydrogens (primary N) is 1. The third kappa shape index (κ3) is 4.24. The molecule has 0 aliphatic rings. The molecule has 0 aliphatic carbocycles. The van der Waals surface area contributed by atoms with Crippen LogP contribution in [0.25, 0.3) is 5.70 Å². The van der Waals surface area contributed by atoms with E-state index >= 15 is 0 Å². The molecular weight excluding hydrogens is 345 g/mol. The van der Waals surface area contributed by atoms with E-state index < -0.39 is 0 Å². The Labute approximate surface area is 156 Å². The molecule has 0 aliphatic heterocycles. The van der Waals surface area contributed by atoms with Gasteiger partial charge in [-0.05, 0) is 44.2 Å². The van der Waals surface area contributed by atoms with Crippen LogP contribution in [0.3, 0.4) is 0 Å². The van der Waals surface area contributed by atoms with E-state index in [1.54, 1.807) is 29.7 Å². The summed E-state index contributed by atoms with van der Waals surface area (Å²) >= 11 is 1.70. The average molecular weight is 365 g/mol. The SMILES string of the molecule is Cc1cc(C(C=C(N)c2ccccn2)=NCc2ccccc2F)c(C)s1. The predicted molar refractivity (Wildman–Crippen MR) is 107 cm³/mol. The molecule has 2 N–H and O–H groups in total. The lowest BCUT2D eigenvalue weighted by Gasteiger charge is -2.06. The summed E-state index contributed by atoms with van der Waals surface area (Å²) in [6, 6.07) is 14.3. The van der Waals surface area contributed by atoms with Gasteiger partial charge < -0.3 is 5.73 Å². The van der Waals surface area contributed by atoms with E-state index in [-0.39, 0.29) is 12.4 Å². The fourth-order valence-corrected chi connectivity index (χ4v) is 3.58. The smallest absolute Gasteiger partial charge is 0.128 e. The van der Waals surface area contributed by atoms with Crippen LogP contribution in [-0.2, 0) is 6.54 Å². The molecule has 5 heteroatoms. The maximum absolute atomic E-state index is 13.9. The van der Waals surface area contributed by atoms with Gasteiger partial charge in [-0.2, -0.15) is 0 Å². The molecule has 3 aromatic rings. The maximum atomic E-state index is 13.9. The lowest BCUT2D eigenvalue weighted by atomic mass is 10.1. The number of pyridine rings is 1. The number of aromatic nitrogens is 1. The Bertz CT molecular complexity index is 958. The van der Waals surface area contributed by atoms with Gasteiger partial charge in [-0.15, -0.1) is 11.3 Å². The lowest BCUT2D eigenvalue weighted by Crippen LogP contribution is -2.06. The second kappa shape index (κ2) is 8.06. The molecule has 0 amide bonds. The summed E-state index contributed by atoms with van der Waals surface area (Å²) in [5.41, 5.74) is 9.76. The van der Waals surface area contributed by atoms with Crippen LogP contribution in [0, 0.1) is 19.7 Å². The Morgan fingerprint density at radius 3 is 2.62 bits per heavy atom. The Balaban J connectivity index is 2.01. The van der Waals surface area contributed by atoms with Crippen molar-refractivity contribution in [2.45, 2.75) is 20.4 Å². The van der Waals surface area contributed by atoms with Crippen molar-refractivity contribution in [3.63, 3.8) is 0 Å². The van der Waals surface area contributed by atoms with E-state index in [1.165, 1.54) is 10.9 Å². The second-order valence-electron chi connectivity index (χ2n) is 5.93. The summed E-state index contributed by atoms with van der Waals surface area (Å²) in [5.74, 6) is -0.254. The van der Waals surface area contributed by atoms with Gasteiger partial charge in [-0.1, -0.05) is 24.3 Å². The maximum Gasteiger partial charge on any atom is 0.128 e. The van der Waals surface area contributed by atoms with Gasteiger partial charge in [0, 0.05) is 27.1 Å². The number of halogens is 1. The van der Waals surface area contributed by atoms with E-state index in [4.69, 9.17) is 5.73 Å². The third-order valence-corrected chi connectivity index (χ3v) is 4.91. The first-order valence-corrected chi connectivity index (χ1v) is 9.10. The monoisotopic (exact) mass is 365 g/mol. The zero-order valence-corrected chi connectivity index (χ0v) is 15.6. The number of benzene rings is 1. The molecule has 2 heterocycles. The number of thiophene rings is 1. The van der Waals surface area contributed by atoms with Crippen LogP contribution in [0.4, 0.5) is 4.39 Å². The van der Waals surface area contributed by atoms with Crippen LogP contribution in [0.15, 0.2) is 65.8 Å². The van der Waals surface area contributed by atoms with Crippen LogP contribution in [0.1, 0.15) is 26.6 Å². The van der Waals surface area contributed by atoms with Gasteiger partial charge in [-0.25, -0.2) is 4.39 Å². The second-order valence-corrected chi connectivity index (χ2v) is 7.39. The zero-order valence-electron chi connectivity index (χ0n) is 14.7. The molecule has 1 aromatic carbocycles. The van der Waals surface area contributed by atoms with Crippen molar-refractivity contribution in [1.29, 1.82) is 0 Å². The number of hydrogen-bond acceptors (Lipinski definition) is 4. The fourth-order valence-electron chi connectivity index (χ4n) is 2.65. The molecule has 132 valence electrons. The number of allylic oxidation sites excluding steroid dienone is 1. The highest BCUT2D eigenvalue weighted by Gasteiger charge is 2.10. The van der Waals surface area contributed by atoms with Gasteiger partial charge in [0.15, 0.2) is 0 Å². The summed E-state index contributed by atoms with van der Waals surface area (Å²) in [6.45, 7) is 4.36. The van der Waals surface area contributed by atoms with Gasteiger partial charge in [0.1, 0.15) is 5.82 Å². The van der Waals surface area contributed by atoms with E-state index in [9.17, 15) is 4.39 Å². The standard InChI is InChI=1S/C21H20FN3S/c1-14-11-17(15(2)26-14)21(12-19(23)20-9-5-6-10-24-20)25-13-16-7-3-4-8-18(16)22/h3-12H,13,23H2,1-2H3. The topological polar surface area (TPSA) is 51.3 Å². The largest absolute Gasteiger partial charge is 0.397 e. The van der Waals surface area contributed by atoms with E-state index in [1.807, 2.05) is 30.3 Å². The Hall–Kier alpha value is -2.79. The van der Waals surface area contributed by atoms with Gasteiger partial charge in [0.25, 0.3) is 0 Å². The molecule has 0 spiro atoms. The molecule has 2 aromatic heterocycles. The molecule has 0 saturated heterocycles. The normalized spacial score (nSPS) is 12.4. The minimum absolute atomic E-state index is 0.252. The van der Waals surface area contributed by atoms with Crippen molar-refractivity contribution < 1.29 is 4.39 Å². The summed E-state index contributed by atoms with van der Waals surface area (Å²) in [5, 5.41) is 0. The predicted octanol–water partition coefficient (Wildman–Crippen LogP) is 4.89. The molecule has 0 bridgehead atoms. The van der Waals surface area contributed by atoms with E-state index in [2.05, 4.69) is 29.9 Å². The number of hydrogen-bond donors (Lipinski definition) is 1. The van der Waals surface area contributed by atoms with Crippen molar-refractivity contribution in [2.24, 2.45) is 10.7 Å². The van der Waals surface area contributed by atoms with Crippen molar-refractivity contribution in [3.05, 3.63) is 93.2 Å². The Kier molecular flexibility index (Phi) is 5.58. The Morgan fingerprint density at radius 1 is 1.19 bits per heavy atom. The number of aryl methyl sites for hydroxylation is 2. The molecule has 0 atom stereocenters. The van der Waals surface area contributed by atoms with Crippen LogP contribution in [0.5, 0.6) is 0 Å². The van der Waals surface area contributed by atoms with Gasteiger partial charge in [-0.3, -0.25) is 9.98 Å². The molecule has 0 unspecified atom stereocenters. The molecular formula is C21H20FN3S. The van der Waals surface area contributed by atoms with Crippen LogP contribution in [0.2, 0.25) is 0 Å². The highest BCUT2D eigenvalue weighted by Crippen LogP contribution is 2.23. The Morgan fingerprint density at radius 2 is 1.96 bits per heavy atom.